The van der Waals surface area contributed by atoms with Crippen LogP contribution in [0.5, 0.6) is 5.75 Å². The molecule has 2 N–H and O–H groups in total. The van der Waals surface area contributed by atoms with Crippen molar-refractivity contribution in [3.63, 3.8) is 0 Å². The lowest BCUT2D eigenvalue weighted by Crippen LogP contribution is -1.84. The molecule has 1 aromatic rings. The normalized spacial score (nSPS) is 9.44. The fraction of sp³-hybridized carbons (Fsp3) is 0. The summed E-state index contributed by atoms with van der Waals surface area (Å²) in [7, 11) is 0. The third kappa shape index (κ3) is 1.10. The van der Waals surface area contributed by atoms with E-state index >= 15 is 0 Å². The molecule has 1 radical (unpaired) electrons. The van der Waals surface area contributed by atoms with Crippen molar-refractivity contribution in [3.8, 4) is 5.75 Å². The van der Waals surface area contributed by atoms with Crippen LogP contribution in [0.2, 0.25) is 0 Å². The monoisotopic (exact) mass is 126 g/mol. The van der Waals surface area contributed by atoms with Crippen LogP contribution in [0.4, 0.5) is 10.1 Å². The number of anilines is 1. The highest BCUT2D eigenvalue weighted by atomic mass is 19.1. The summed E-state index contributed by atoms with van der Waals surface area (Å²) in [6.07, 6.45) is 0. The van der Waals surface area contributed by atoms with Gasteiger partial charge in [-0.1, -0.05) is 0 Å². The molecule has 0 unspecified atom stereocenters. The number of nitrogen functional groups attached to an aromatic ring is 1. The second-order valence-electron chi connectivity index (χ2n) is 1.68. The summed E-state index contributed by atoms with van der Waals surface area (Å²) in [6.45, 7) is 0. The van der Waals surface area contributed by atoms with Gasteiger partial charge in [-0.3, -0.25) is 5.11 Å². The average Bonchev–Trinajstić information content (AvgIpc) is 1.80. The molecule has 1 rings (SSSR count). The van der Waals surface area contributed by atoms with Crippen molar-refractivity contribution >= 4 is 5.69 Å². The molecule has 0 aliphatic carbocycles. The van der Waals surface area contributed by atoms with Gasteiger partial charge in [0.2, 0.25) is 5.75 Å². The standard InChI is InChI=1S/C6H5FNO/c7-4-1-2-5(8)6(9)3-4/h1-3H,8H2. The quantitative estimate of drug-likeness (QED) is 0.526. The molecule has 0 atom stereocenters. The molecule has 0 saturated carbocycles. The maximum absolute atomic E-state index is 12.1. The van der Waals surface area contributed by atoms with Crippen molar-refractivity contribution in [1.82, 2.24) is 0 Å². The fourth-order valence-corrected chi connectivity index (χ4v) is 0.508. The lowest BCUT2D eigenvalue weighted by Gasteiger charge is -1.91. The minimum Gasteiger partial charge on any atom is -0.396 e. The van der Waals surface area contributed by atoms with E-state index in [2.05, 4.69) is 0 Å². The Morgan fingerprint density at radius 2 is 2.11 bits per heavy atom. The van der Waals surface area contributed by atoms with Crippen LogP contribution < -0.4 is 5.73 Å². The molecule has 0 aliphatic heterocycles. The highest BCUT2D eigenvalue weighted by Gasteiger charge is 1.97. The molecule has 0 bridgehead atoms. The van der Waals surface area contributed by atoms with Crippen molar-refractivity contribution in [1.29, 1.82) is 0 Å². The van der Waals surface area contributed by atoms with E-state index < -0.39 is 11.6 Å². The fourth-order valence-electron chi connectivity index (χ4n) is 0.508. The van der Waals surface area contributed by atoms with E-state index in [4.69, 9.17) is 5.73 Å². The lowest BCUT2D eigenvalue weighted by atomic mass is 10.3. The Morgan fingerprint density at radius 1 is 1.44 bits per heavy atom. The highest BCUT2D eigenvalue weighted by Crippen LogP contribution is 2.19. The summed E-state index contributed by atoms with van der Waals surface area (Å²) < 4.78 is 12.1. The molecular weight excluding hydrogens is 121 g/mol. The van der Waals surface area contributed by atoms with E-state index in [1.807, 2.05) is 0 Å². The van der Waals surface area contributed by atoms with Crippen molar-refractivity contribution in [2.75, 3.05) is 5.73 Å². The largest absolute Gasteiger partial charge is 0.396 e. The molecule has 0 aliphatic rings. The van der Waals surface area contributed by atoms with Gasteiger partial charge in [0.1, 0.15) is 5.82 Å². The highest BCUT2D eigenvalue weighted by molar-refractivity contribution is 5.50. The third-order valence-electron chi connectivity index (χ3n) is 0.976. The summed E-state index contributed by atoms with van der Waals surface area (Å²) in [4.78, 5) is 0. The number of benzene rings is 1. The maximum atomic E-state index is 12.1. The second kappa shape index (κ2) is 1.93. The van der Waals surface area contributed by atoms with Gasteiger partial charge in [-0.25, -0.2) is 4.39 Å². The number of rotatable bonds is 0. The van der Waals surface area contributed by atoms with Crippen molar-refractivity contribution in [2.24, 2.45) is 0 Å². The van der Waals surface area contributed by atoms with Gasteiger partial charge in [0.05, 0.1) is 5.69 Å². The maximum Gasteiger partial charge on any atom is 0.204 e. The lowest BCUT2D eigenvalue weighted by molar-refractivity contribution is 0.354. The molecule has 2 nitrogen and oxygen atoms in total. The first kappa shape index (κ1) is 5.88. The summed E-state index contributed by atoms with van der Waals surface area (Å²) in [5.74, 6) is -1.01. The van der Waals surface area contributed by atoms with Crippen LogP contribution in [0.3, 0.4) is 0 Å². The Labute approximate surface area is 51.7 Å². The van der Waals surface area contributed by atoms with Gasteiger partial charge < -0.3 is 5.73 Å². The minimum atomic E-state index is -0.547. The predicted molar refractivity (Wildman–Crippen MR) is 30.9 cm³/mol. The first-order valence-electron chi connectivity index (χ1n) is 2.42. The molecular formula is C6H5FNO. The molecule has 3 heteroatoms. The summed E-state index contributed by atoms with van der Waals surface area (Å²) in [5, 5.41) is 10.5. The number of hydrogen-bond donors (Lipinski definition) is 1. The van der Waals surface area contributed by atoms with Gasteiger partial charge >= 0.3 is 0 Å². The molecule has 1 aromatic carbocycles. The van der Waals surface area contributed by atoms with E-state index in [-0.39, 0.29) is 5.69 Å². The zero-order valence-corrected chi connectivity index (χ0v) is 4.60. The van der Waals surface area contributed by atoms with Crippen LogP contribution in [0.15, 0.2) is 18.2 Å². The van der Waals surface area contributed by atoms with Crippen LogP contribution in [-0.4, -0.2) is 0 Å². The van der Waals surface area contributed by atoms with E-state index in [1.165, 1.54) is 6.07 Å². The molecule has 9 heavy (non-hydrogen) atoms. The second-order valence-corrected chi connectivity index (χ2v) is 1.68. The summed E-state index contributed by atoms with van der Waals surface area (Å²) in [5.41, 5.74) is 5.19. The SMILES string of the molecule is Nc1ccc(F)cc1[O]. The average molecular weight is 126 g/mol. The Balaban J connectivity index is 3.17. The van der Waals surface area contributed by atoms with Crippen LogP contribution in [0.1, 0.15) is 0 Å². The first-order valence-corrected chi connectivity index (χ1v) is 2.42. The Hall–Kier alpha value is -1.25. The Bertz CT molecular complexity index is 224. The van der Waals surface area contributed by atoms with Gasteiger partial charge in [0.25, 0.3) is 0 Å². The van der Waals surface area contributed by atoms with E-state index in [0.29, 0.717) is 0 Å². The third-order valence-corrected chi connectivity index (χ3v) is 0.976. The molecule has 0 fully saturated rings. The van der Waals surface area contributed by atoms with E-state index in [9.17, 15) is 9.50 Å². The summed E-state index contributed by atoms with van der Waals surface area (Å²) >= 11 is 0. The topological polar surface area (TPSA) is 45.9 Å². The predicted octanol–water partition coefficient (Wildman–Crippen LogP) is 1.55. The smallest absolute Gasteiger partial charge is 0.204 e. The number of hydrogen-bond acceptors (Lipinski definition) is 1. The molecule has 0 saturated heterocycles. The van der Waals surface area contributed by atoms with Crippen molar-refractivity contribution in [2.45, 2.75) is 0 Å². The van der Waals surface area contributed by atoms with Crippen molar-refractivity contribution in [3.05, 3.63) is 24.0 Å². The van der Waals surface area contributed by atoms with Gasteiger partial charge in [-0.05, 0) is 12.1 Å². The summed E-state index contributed by atoms with van der Waals surface area (Å²) in [6, 6.07) is 3.25. The molecule has 0 aromatic heterocycles. The van der Waals surface area contributed by atoms with Gasteiger partial charge in [-0.2, -0.15) is 0 Å². The zero-order chi connectivity index (χ0) is 6.85. The van der Waals surface area contributed by atoms with Gasteiger partial charge in [-0.15, -0.1) is 0 Å². The zero-order valence-electron chi connectivity index (χ0n) is 4.60. The van der Waals surface area contributed by atoms with E-state index in [1.54, 1.807) is 0 Å². The van der Waals surface area contributed by atoms with Crippen molar-refractivity contribution < 1.29 is 9.50 Å². The van der Waals surface area contributed by atoms with Crippen LogP contribution >= 0.6 is 0 Å². The Kier molecular flexibility index (Phi) is 1.26. The van der Waals surface area contributed by atoms with Gasteiger partial charge in [0.15, 0.2) is 0 Å². The van der Waals surface area contributed by atoms with Gasteiger partial charge in [0, 0.05) is 6.07 Å². The van der Waals surface area contributed by atoms with Crippen LogP contribution in [-0.2, 0) is 5.11 Å². The van der Waals surface area contributed by atoms with Crippen LogP contribution in [0.25, 0.3) is 0 Å². The minimum absolute atomic E-state index is 0.0800. The molecule has 47 valence electrons. The first-order chi connectivity index (χ1) is 4.20. The number of nitrogens with two attached hydrogens (primary N) is 1. The molecule has 0 spiro atoms. The number of halogens is 1. The molecule has 0 heterocycles. The van der Waals surface area contributed by atoms with E-state index in [0.717, 1.165) is 12.1 Å². The van der Waals surface area contributed by atoms with Crippen LogP contribution in [0, 0.1) is 5.82 Å². The molecule has 0 amide bonds. The Morgan fingerprint density at radius 3 is 2.56 bits per heavy atom.